The summed E-state index contributed by atoms with van der Waals surface area (Å²) in [5.41, 5.74) is 1.59. The normalized spacial score (nSPS) is 11.7. The molecule has 0 aliphatic heterocycles. The molecule has 110 valence electrons. The molecule has 4 nitrogen and oxygen atoms in total. The summed E-state index contributed by atoms with van der Waals surface area (Å²) >= 11 is 6.13. The van der Waals surface area contributed by atoms with Crippen molar-refractivity contribution < 1.29 is 9.53 Å². The summed E-state index contributed by atoms with van der Waals surface area (Å²) in [6, 6.07) is 16.4. The molecule has 2 amide bonds. The molecule has 0 aliphatic rings. The Morgan fingerprint density at radius 3 is 2.48 bits per heavy atom. The van der Waals surface area contributed by atoms with E-state index in [0.717, 1.165) is 11.3 Å². The maximum Gasteiger partial charge on any atom is 0.319 e. The molecule has 1 unspecified atom stereocenters. The van der Waals surface area contributed by atoms with Crippen LogP contribution >= 0.6 is 11.6 Å². The molecule has 2 rings (SSSR count). The van der Waals surface area contributed by atoms with Crippen LogP contribution < -0.4 is 10.6 Å². The average molecular weight is 305 g/mol. The van der Waals surface area contributed by atoms with E-state index in [-0.39, 0.29) is 12.1 Å². The van der Waals surface area contributed by atoms with Crippen LogP contribution in [0.5, 0.6) is 0 Å². The van der Waals surface area contributed by atoms with Gasteiger partial charge in [-0.25, -0.2) is 4.79 Å². The van der Waals surface area contributed by atoms with Crippen LogP contribution in [-0.4, -0.2) is 19.7 Å². The largest absolute Gasteiger partial charge is 0.375 e. The lowest BCUT2D eigenvalue weighted by Gasteiger charge is -2.18. The summed E-state index contributed by atoms with van der Waals surface area (Å²) in [6.45, 7) is 0.332. The highest BCUT2D eigenvalue weighted by atomic mass is 35.5. The highest BCUT2D eigenvalue weighted by Gasteiger charge is 2.14. The van der Waals surface area contributed by atoms with Gasteiger partial charge in [-0.15, -0.1) is 0 Å². The van der Waals surface area contributed by atoms with Gasteiger partial charge in [-0.3, -0.25) is 0 Å². The molecule has 0 heterocycles. The van der Waals surface area contributed by atoms with Gasteiger partial charge >= 0.3 is 6.03 Å². The molecule has 0 saturated carbocycles. The highest BCUT2D eigenvalue weighted by Crippen LogP contribution is 2.24. The molecule has 0 aromatic heterocycles. The monoisotopic (exact) mass is 304 g/mol. The minimum absolute atomic E-state index is 0.282. The molecule has 1 atom stereocenters. The number of ether oxygens (including phenoxy) is 1. The Bertz CT molecular complexity index is 590. The Hall–Kier alpha value is -2.04. The summed E-state index contributed by atoms with van der Waals surface area (Å²) in [5.74, 6) is 0. The van der Waals surface area contributed by atoms with Crippen molar-refractivity contribution in [1.29, 1.82) is 0 Å². The fourth-order valence-corrected chi connectivity index (χ4v) is 2.20. The number of hydrogen-bond donors (Lipinski definition) is 2. The molecule has 0 bridgehead atoms. The minimum Gasteiger partial charge on any atom is -0.375 e. The molecule has 2 aromatic carbocycles. The predicted octanol–water partition coefficient (Wildman–Crippen LogP) is 3.85. The van der Waals surface area contributed by atoms with E-state index in [0.29, 0.717) is 11.6 Å². The fourth-order valence-electron chi connectivity index (χ4n) is 1.94. The lowest BCUT2D eigenvalue weighted by molar-refractivity contribution is 0.104. The third-order valence-corrected chi connectivity index (χ3v) is 3.36. The van der Waals surface area contributed by atoms with Gasteiger partial charge in [0.2, 0.25) is 0 Å². The Morgan fingerprint density at radius 1 is 1.14 bits per heavy atom. The number of amides is 2. The minimum atomic E-state index is -0.291. The maximum absolute atomic E-state index is 11.8. The van der Waals surface area contributed by atoms with Gasteiger partial charge in [0.05, 0.1) is 0 Å². The van der Waals surface area contributed by atoms with Gasteiger partial charge in [-0.1, -0.05) is 48.0 Å². The van der Waals surface area contributed by atoms with E-state index in [9.17, 15) is 4.79 Å². The molecule has 0 aliphatic carbocycles. The van der Waals surface area contributed by atoms with E-state index in [1.54, 1.807) is 13.2 Å². The van der Waals surface area contributed by atoms with Crippen molar-refractivity contribution in [3.8, 4) is 0 Å². The Balaban J connectivity index is 1.91. The van der Waals surface area contributed by atoms with Crippen LogP contribution in [0, 0.1) is 0 Å². The van der Waals surface area contributed by atoms with Crippen molar-refractivity contribution >= 4 is 23.3 Å². The van der Waals surface area contributed by atoms with Crippen molar-refractivity contribution in [3.63, 3.8) is 0 Å². The van der Waals surface area contributed by atoms with Crippen molar-refractivity contribution in [3.05, 3.63) is 65.2 Å². The summed E-state index contributed by atoms with van der Waals surface area (Å²) in [6.07, 6.45) is -0.291. The first-order valence-electron chi connectivity index (χ1n) is 6.58. The first kappa shape index (κ1) is 15.4. The molecular weight excluding hydrogens is 288 g/mol. The van der Waals surface area contributed by atoms with Crippen LogP contribution in [0.2, 0.25) is 5.02 Å². The molecule has 5 heteroatoms. The van der Waals surface area contributed by atoms with Crippen LogP contribution in [0.1, 0.15) is 11.7 Å². The van der Waals surface area contributed by atoms with Crippen molar-refractivity contribution in [2.45, 2.75) is 6.10 Å². The first-order chi connectivity index (χ1) is 10.2. The molecular formula is C16H17ClN2O2. The van der Waals surface area contributed by atoms with Gasteiger partial charge in [0.25, 0.3) is 0 Å². The number of rotatable bonds is 5. The van der Waals surface area contributed by atoms with Gasteiger partial charge in [0.15, 0.2) is 0 Å². The molecule has 0 saturated heterocycles. The number of urea groups is 1. The van der Waals surface area contributed by atoms with Gasteiger partial charge in [-0.2, -0.15) is 0 Å². The molecule has 2 aromatic rings. The van der Waals surface area contributed by atoms with E-state index < -0.39 is 0 Å². The highest BCUT2D eigenvalue weighted by molar-refractivity contribution is 6.31. The van der Waals surface area contributed by atoms with Crippen LogP contribution in [0.25, 0.3) is 0 Å². The number of benzene rings is 2. The quantitative estimate of drug-likeness (QED) is 0.881. The summed E-state index contributed by atoms with van der Waals surface area (Å²) in [7, 11) is 1.59. The van der Waals surface area contributed by atoms with Crippen molar-refractivity contribution in [2.75, 3.05) is 19.0 Å². The average Bonchev–Trinajstić information content (AvgIpc) is 2.50. The molecule has 2 N–H and O–H groups in total. The second kappa shape index (κ2) is 7.67. The third kappa shape index (κ3) is 4.48. The second-order valence-electron chi connectivity index (χ2n) is 4.45. The zero-order valence-electron chi connectivity index (χ0n) is 11.7. The van der Waals surface area contributed by atoms with Crippen LogP contribution in [0.4, 0.5) is 10.5 Å². The number of methoxy groups -OCH3 is 1. The molecule has 21 heavy (non-hydrogen) atoms. The van der Waals surface area contributed by atoms with Gasteiger partial charge < -0.3 is 15.4 Å². The number of para-hydroxylation sites is 1. The number of hydrogen-bond acceptors (Lipinski definition) is 2. The number of carbonyl (C=O) groups excluding carboxylic acids is 1. The van der Waals surface area contributed by atoms with E-state index in [1.165, 1.54) is 0 Å². The van der Waals surface area contributed by atoms with Gasteiger partial charge in [-0.05, 0) is 18.2 Å². The number of halogens is 1. The second-order valence-corrected chi connectivity index (χ2v) is 4.85. The zero-order chi connectivity index (χ0) is 15.1. The smallest absolute Gasteiger partial charge is 0.319 e. The van der Waals surface area contributed by atoms with E-state index in [2.05, 4.69) is 10.6 Å². The van der Waals surface area contributed by atoms with Gasteiger partial charge in [0, 0.05) is 29.9 Å². The summed E-state index contributed by atoms with van der Waals surface area (Å²) < 4.78 is 5.39. The molecule has 0 spiro atoms. The van der Waals surface area contributed by atoms with Crippen LogP contribution in [-0.2, 0) is 4.74 Å². The van der Waals surface area contributed by atoms with Crippen LogP contribution in [0.15, 0.2) is 54.6 Å². The molecule has 0 fully saturated rings. The summed E-state index contributed by atoms with van der Waals surface area (Å²) in [4.78, 5) is 11.8. The maximum atomic E-state index is 11.8. The lowest BCUT2D eigenvalue weighted by Crippen LogP contribution is -2.33. The Morgan fingerprint density at radius 2 is 1.81 bits per heavy atom. The standard InChI is InChI=1S/C16H17ClN2O2/c1-21-15(13-9-5-6-10-14(13)17)11-18-16(20)19-12-7-3-2-4-8-12/h2-10,15H,11H2,1H3,(H2,18,19,20). The Labute approximate surface area is 129 Å². The lowest BCUT2D eigenvalue weighted by atomic mass is 10.1. The van der Waals surface area contributed by atoms with Crippen LogP contribution in [0.3, 0.4) is 0 Å². The van der Waals surface area contributed by atoms with E-state index in [4.69, 9.17) is 16.3 Å². The topological polar surface area (TPSA) is 50.4 Å². The van der Waals surface area contributed by atoms with E-state index in [1.807, 2.05) is 48.5 Å². The number of carbonyl (C=O) groups is 1. The molecule has 0 radical (unpaired) electrons. The fraction of sp³-hybridized carbons (Fsp3) is 0.188. The first-order valence-corrected chi connectivity index (χ1v) is 6.95. The zero-order valence-corrected chi connectivity index (χ0v) is 12.4. The summed E-state index contributed by atoms with van der Waals surface area (Å²) in [5, 5.41) is 6.14. The van der Waals surface area contributed by atoms with E-state index >= 15 is 0 Å². The van der Waals surface area contributed by atoms with Crippen molar-refractivity contribution in [1.82, 2.24) is 5.32 Å². The SMILES string of the molecule is COC(CNC(=O)Nc1ccccc1)c1ccccc1Cl. The Kier molecular flexibility index (Phi) is 5.60. The number of anilines is 1. The third-order valence-electron chi connectivity index (χ3n) is 3.02. The predicted molar refractivity (Wildman–Crippen MR) is 84.7 cm³/mol. The van der Waals surface area contributed by atoms with Crippen molar-refractivity contribution in [2.24, 2.45) is 0 Å². The van der Waals surface area contributed by atoms with Gasteiger partial charge in [0.1, 0.15) is 6.10 Å². The number of nitrogens with one attached hydrogen (secondary N) is 2.